The molecule has 3 heterocycles. The summed E-state index contributed by atoms with van der Waals surface area (Å²) >= 11 is 11.8. The average Bonchev–Trinajstić information content (AvgIpc) is 2.77. The first kappa shape index (κ1) is 21.2. The van der Waals surface area contributed by atoms with Gasteiger partial charge in [0.05, 0.1) is 19.7 Å². The normalized spacial score (nSPS) is 13.9. The monoisotopic (exact) mass is 462 g/mol. The predicted octanol–water partition coefficient (Wildman–Crippen LogP) is 3.70. The van der Waals surface area contributed by atoms with Crippen molar-refractivity contribution >= 4 is 51.6 Å². The quantitative estimate of drug-likeness (QED) is 0.590. The summed E-state index contributed by atoms with van der Waals surface area (Å²) in [6.45, 7) is 2.28. The van der Waals surface area contributed by atoms with Gasteiger partial charge < -0.3 is 24.6 Å². The number of rotatable bonds is 4. The minimum atomic E-state index is -0.225. The van der Waals surface area contributed by atoms with E-state index >= 15 is 0 Å². The summed E-state index contributed by atoms with van der Waals surface area (Å²) < 4.78 is 10.8. The Labute approximate surface area is 188 Å². The third kappa shape index (κ3) is 4.52. The maximum atomic E-state index is 12.6. The fraction of sp³-hybridized carbons (Fsp3) is 0.300. The number of piperazine rings is 1. The summed E-state index contributed by atoms with van der Waals surface area (Å²) in [4.78, 5) is 29.2. The number of carbonyl (C=O) groups excluding carboxylic acids is 1. The molecule has 0 atom stereocenters. The number of nitrogens with one attached hydrogen (secondary N) is 1. The molecule has 2 amide bonds. The summed E-state index contributed by atoms with van der Waals surface area (Å²) in [5, 5.41) is 4.10. The van der Waals surface area contributed by atoms with Crippen LogP contribution in [0.2, 0.25) is 10.3 Å². The van der Waals surface area contributed by atoms with Crippen LogP contribution in [0, 0.1) is 0 Å². The number of halogens is 2. The van der Waals surface area contributed by atoms with Crippen LogP contribution in [-0.2, 0) is 0 Å². The van der Waals surface area contributed by atoms with E-state index in [2.05, 4.69) is 25.2 Å². The Hall–Kier alpha value is -3.04. The van der Waals surface area contributed by atoms with E-state index in [0.717, 1.165) is 16.7 Å². The maximum absolute atomic E-state index is 12.6. The number of carbonyl (C=O) groups is 1. The standard InChI is InChI=1S/C20H20Cl2N6O3/c1-30-15-9-13-14(10-16(15)31-2)23-11-24-19(13)27-3-5-28(6-4-27)20(29)25-12-7-17(21)26-18(22)8-12/h7-11H,3-6H2,1-2H3,(H,25,26,29). The summed E-state index contributed by atoms with van der Waals surface area (Å²) in [5.41, 5.74) is 1.26. The van der Waals surface area contributed by atoms with E-state index in [1.807, 2.05) is 12.1 Å². The van der Waals surface area contributed by atoms with Gasteiger partial charge in [0.2, 0.25) is 0 Å². The van der Waals surface area contributed by atoms with Crippen molar-refractivity contribution in [3.05, 3.63) is 40.9 Å². The molecular formula is C20H20Cl2N6O3. The van der Waals surface area contributed by atoms with Crippen molar-refractivity contribution in [3.8, 4) is 11.5 Å². The third-order valence-electron chi connectivity index (χ3n) is 5.00. The lowest BCUT2D eigenvalue weighted by molar-refractivity contribution is 0.208. The Morgan fingerprint density at radius 3 is 2.26 bits per heavy atom. The molecule has 9 nitrogen and oxygen atoms in total. The van der Waals surface area contributed by atoms with Crippen molar-refractivity contribution in [3.63, 3.8) is 0 Å². The van der Waals surface area contributed by atoms with Gasteiger partial charge in [0.1, 0.15) is 22.5 Å². The molecule has 162 valence electrons. The van der Waals surface area contributed by atoms with E-state index < -0.39 is 0 Å². The second kappa shape index (κ2) is 8.99. The number of pyridine rings is 1. The largest absolute Gasteiger partial charge is 0.493 e. The number of nitrogens with zero attached hydrogens (tertiary/aromatic N) is 5. The second-order valence-corrected chi connectivity index (χ2v) is 7.60. The molecule has 0 unspecified atom stereocenters. The van der Waals surface area contributed by atoms with Gasteiger partial charge in [0.25, 0.3) is 0 Å². The maximum Gasteiger partial charge on any atom is 0.321 e. The van der Waals surface area contributed by atoms with Gasteiger partial charge >= 0.3 is 6.03 Å². The number of fused-ring (bicyclic) bond motifs is 1. The highest BCUT2D eigenvalue weighted by Crippen LogP contribution is 2.35. The van der Waals surface area contributed by atoms with Gasteiger partial charge in [-0.3, -0.25) is 0 Å². The summed E-state index contributed by atoms with van der Waals surface area (Å²) in [5.74, 6) is 2.01. The van der Waals surface area contributed by atoms with Crippen molar-refractivity contribution in [2.24, 2.45) is 0 Å². The van der Waals surface area contributed by atoms with Crippen molar-refractivity contribution in [2.45, 2.75) is 0 Å². The van der Waals surface area contributed by atoms with Crippen LogP contribution in [-0.4, -0.2) is 66.3 Å². The van der Waals surface area contributed by atoms with Gasteiger partial charge in [-0.05, 0) is 18.2 Å². The molecule has 0 saturated carbocycles. The van der Waals surface area contributed by atoms with Gasteiger partial charge in [-0.25, -0.2) is 19.7 Å². The highest BCUT2D eigenvalue weighted by molar-refractivity contribution is 6.33. The highest BCUT2D eigenvalue weighted by atomic mass is 35.5. The molecule has 31 heavy (non-hydrogen) atoms. The van der Waals surface area contributed by atoms with Crippen LogP contribution in [0.4, 0.5) is 16.3 Å². The molecule has 1 aromatic carbocycles. The SMILES string of the molecule is COc1cc2ncnc(N3CCN(C(=O)Nc4cc(Cl)nc(Cl)c4)CC3)c2cc1OC. The molecule has 11 heteroatoms. The molecule has 2 aromatic heterocycles. The molecule has 0 spiro atoms. The first-order valence-corrected chi connectivity index (χ1v) is 10.2. The molecule has 0 aliphatic carbocycles. The number of anilines is 2. The molecule has 3 aromatic rings. The zero-order valence-corrected chi connectivity index (χ0v) is 18.4. The summed E-state index contributed by atoms with van der Waals surface area (Å²) in [6, 6.07) is 6.58. The van der Waals surface area contributed by atoms with Gasteiger partial charge in [0.15, 0.2) is 11.5 Å². The van der Waals surface area contributed by atoms with Crippen LogP contribution in [0.25, 0.3) is 10.9 Å². The Kier molecular flexibility index (Phi) is 6.15. The van der Waals surface area contributed by atoms with Crippen molar-refractivity contribution in [1.82, 2.24) is 19.9 Å². The summed E-state index contributed by atoms with van der Waals surface area (Å²) in [6.07, 6.45) is 1.53. The van der Waals surface area contributed by atoms with Gasteiger partial charge in [-0.2, -0.15) is 0 Å². The van der Waals surface area contributed by atoms with Crippen LogP contribution in [0.5, 0.6) is 11.5 Å². The van der Waals surface area contributed by atoms with E-state index in [0.29, 0.717) is 43.4 Å². The Morgan fingerprint density at radius 2 is 1.61 bits per heavy atom. The molecule has 1 aliphatic rings. The molecule has 1 fully saturated rings. The van der Waals surface area contributed by atoms with Crippen molar-refractivity contribution < 1.29 is 14.3 Å². The second-order valence-electron chi connectivity index (χ2n) is 6.83. The Morgan fingerprint density at radius 1 is 0.968 bits per heavy atom. The topological polar surface area (TPSA) is 92.7 Å². The highest BCUT2D eigenvalue weighted by Gasteiger charge is 2.24. The molecule has 4 rings (SSSR count). The third-order valence-corrected chi connectivity index (χ3v) is 5.39. The molecule has 1 aliphatic heterocycles. The number of ether oxygens (including phenoxy) is 2. The van der Waals surface area contributed by atoms with E-state index in [4.69, 9.17) is 32.7 Å². The Bertz CT molecular complexity index is 1100. The fourth-order valence-corrected chi connectivity index (χ4v) is 3.94. The van der Waals surface area contributed by atoms with E-state index in [9.17, 15) is 4.79 Å². The molecule has 0 radical (unpaired) electrons. The van der Waals surface area contributed by atoms with Gasteiger partial charge in [0, 0.05) is 43.3 Å². The zero-order valence-electron chi connectivity index (χ0n) is 16.9. The number of amides is 2. The average molecular weight is 463 g/mol. The van der Waals surface area contributed by atoms with Crippen LogP contribution >= 0.6 is 23.2 Å². The molecule has 0 bridgehead atoms. The van der Waals surface area contributed by atoms with Crippen LogP contribution in [0.15, 0.2) is 30.6 Å². The van der Waals surface area contributed by atoms with Crippen molar-refractivity contribution in [1.29, 1.82) is 0 Å². The molecule has 1 N–H and O–H groups in total. The van der Waals surface area contributed by atoms with Crippen LogP contribution in [0.1, 0.15) is 0 Å². The number of aromatic nitrogens is 3. The molecule has 1 saturated heterocycles. The minimum Gasteiger partial charge on any atom is -0.493 e. The van der Waals surface area contributed by atoms with Crippen molar-refractivity contribution in [2.75, 3.05) is 50.6 Å². The molecular weight excluding hydrogens is 443 g/mol. The number of hydrogen-bond acceptors (Lipinski definition) is 7. The zero-order chi connectivity index (χ0) is 22.0. The number of benzene rings is 1. The lowest BCUT2D eigenvalue weighted by Gasteiger charge is -2.35. The fourth-order valence-electron chi connectivity index (χ4n) is 3.48. The van der Waals surface area contributed by atoms with Gasteiger partial charge in [-0.1, -0.05) is 23.2 Å². The number of urea groups is 1. The van der Waals surface area contributed by atoms with E-state index in [1.165, 1.54) is 6.33 Å². The first-order chi connectivity index (χ1) is 15.0. The van der Waals surface area contributed by atoms with Gasteiger partial charge in [-0.15, -0.1) is 0 Å². The lowest BCUT2D eigenvalue weighted by Crippen LogP contribution is -2.50. The predicted molar refractivity (Wildman–Crippen MR) is 120 cm³/mol. The lowest BCUT2D eigenvalue weighted by atomic mass is 10.2. The van der Waals surface area contributed by atoms with E-state index in [1.54, 1.807) is 31.3 Å². The number of methoxy groups -OCH3 is 2. The minimum absolute atomic E-state index is 0.218. The smallest absolute Gasteiger partial charge is 0.321 e. The van der Waals surface area contributed by atoms with E-state index in [-0.39, 0.29) is 16.3 Å². The summed E-state index contributed by atoms with van der Waals surface area (Å²) in [7, 11) is 3.18. The number of hydrogen-bond donors (Lipinski definition) is 1. The Balaban J connectivity index is 1.48. The van der Waals surface area contributed by atoms with Crippen LogP contribution < -0.4 is 19.7 Å². The van der Waals surface area contributed by atoms with Crippen LogP contribution in [0.3, 0.4) is 0 Å². The first-order valence-electron chi connectivity index (χ1n) is 9.49.